The molecule has 60 heavy (non-hydrogen) atoms. The molecular weight excluding hydrogens is 822 g/mol. The second kappa shape index (κ2) is 21.4. The Hall–Kier alpha value is -5.19. The summed E-state index contributed by atoms with van der Waals surface area (Å²) in [5.74, 6) is -7.45. The summed E-state index contributed by atoms with van der Waals surface area (Å²) in [6, 6.07) is 2.02. The van der Waals surface area contributed by atoms with Crippen LogP contribution in [0.3, 0.4) is 0 Å². The van der Waals surface area contributed by atoms with Crippen LogP contribution >= 0.6 is 0 Å². The van der Waals surface area contributed by atoms with E-state index in [1.165, 1.54) is 24.3 Å². The molecule has 0 amide bonds. The van der Waals surface area contributed by atoms with Crippen LogP contribution in [0.5, 0.6) is 0 Å². The lowest BCUT2D eigenvalue weighted by molar-refractivity contribution is -0.302. The first-order valence-corrected chi connectivity index (χ1v) is 20.0. The molecule has 21 nitrogen and oxygen atoms in total. The van der Waals surface area contributed by atoms with Crippen LogP contribution in [-0.2, 0) is 95.7 Å². The zero-order valence-electron chi connectivity index (χ0n) is 34.8. The lowest BCUT2D eigenvalue weighted by Gasteiger charge is -2.52. The maximum atomic E-state index is 15.3. The van der Waals surface area contributed by atoms with Crippen LogP contribution in [0, 0.1) is 6.92 Å². The summed E-state index contributed by atoms with van der Waals surface area (Å²) in [7, 11) is -3.78. The Morgan fingerprint density at radius 2 is 1.03 bits per heavy atom. The third-order valence-corrected chi connectivity index (χ3v) is 11.0. The minimum Gasteiger partial charge on any atom is -0.462 e. The van der Waals surface area contributed by atoms with Crippen molar-refractivity contribution < 1.29 is 94.1 Å². The predicted octanol–water partition coefficient (Wildman–Crippen LogP) is 0.973. The van der Waals surface area contributed by atoms with Crippen molar-refractivity contribution in [3.8, 4) is 0 Å². The highest BCUT2D eigenvalue weighted by molar-refractivity contribution is 7.89. The monoisotopic (exact) mass is 873 g/mol. The molecule has 0 aliphatic carbocycles. The van der Waals surface area contributed by atoms with Gasteiger partial charge >= 0.3 is 47.8 Å². The number of piperidine rings is 1. The van der Waals surface area contributed by atoms with Gasteiger partial charge in [-0.15, -0.1) is 0 Å². The summed E-state index contributed by atoms with van der Waals surface area (Å²) in [5, 5.41) is 0. The van der Waals surface area contributed by atoms with Gasteiger partial charge in [0.2, 0.25) is 10.0 Å². The van der Waals surface area contributed by atoms with Crippen LogP contribution in [-0.4, -0.2) is 141 Å². The van der Waals surface area contributed by atoms with E-state index in [-0.39, 0.29) is 4.90 Å². The number of carbonyl (C=O) groups is 8. The molecule has 0 saturated carbocycles. The number of methoxy groups -OCH3 is 1. The molecule has 334 valence electrons. The molecule has 0 spiro atoms. The second-order valence-corrected chi connectivity index (χ2v) is 15.9. The van der Waals surface area contributed by atoms with Crippen molar-refractivity contribution >= 4 is 57.8 Å². The molecule has 2 fully saturated rings. The van der Waals surface area contributed by atoms with E-state index in [0.717, 1.165) is 66.8 Å². The van der Waals surface area contributed by atoms with Gasteiger partial charge in [0.15, 0.2) is 42.9 Å². The van der Waals surface area contributed by atoms with Crippen LogP contribution in [0.2, 0.25) is 0 Å². The van der Waals surface area contributed by atoms with Crippen LogP contribution in [0.1, 0.15) is 73.8 Å². The summed E-state index contributed by atoms with van der Waals surface area (Å²) in [5.41, 5.74) is 0.659. The molecule has 0 aromatic heterocycles. The maximum absolute atomic E-state index is 15.3. The molecule has 0 unspecified atom stereocenters. The third-order valence-electron chi connectivity index (χ3n) is 9.08. The number of esters is 8. The SMILES string of the molecule is CO[C@@H]1O[C@@H](C[C@@H]2[C@H](OC(C)=O)[C@@H](OC(C)=O)[C@@H](OC(C)=O)[C@H](C[C@H](COC(C)=O)OC(C)=O)N2S(=O)(=O)c2ccc(C)cc2)[C@H](OC(C)=O)[C@@H](OC(C)=O)[C@H]1OC(C)=O. The number of hydrogen-bond acceptors (Lipinski definition) is 20. The molecule has 11 atom stereocenters. The van der Waals surface area contributed by atoms with E-state index in [4.69, 9.17) is 47.4 Å². The van der Waals surface area contributed by atoms with Crippen molar-refractivity contribution in [1.82, 2.24) is 4.31 Å². The van der Waals surface area contributed by atoms with Gasteiger partial charge in [0, 0.05) is 68.9 Å². The second-order valence-electron chi connectivity index (χ2n) is 14.0. The summed E-state index contributed by atoms with van der Waals surface area (Å²) in [6.07, 6.45) is -16.3. The standard InChI is InChI=1S/C38H51NO20S/c1-18-11-13-28(14-12-18)60(48,49)39-29(15-27(52-20(3)41)17-51-19(2)40)32(53-21(4)42)35(56-24(7)45)33(54-22(5)43)30(39)16-31-34(55-23(6)44)36(57-25(8)46)37(58-26(9)47)38(50-10)59-31/h11-14,27,29-38H,15-17H2,1-10H3/t27-,29+,30-,31+,32+,33+,34+,35+,36-,37-,38-/m1/s1. The topological polar surface area (TPSA) is 266 Å². The molecule has 2 heterocycles. The number of sulfonamides is 1. The van der Waals surface area contributed by atoms with Crippen LogP contribution in [0.25, 0.3) is 0 Å². The van der Waals surface area contributed by atoms with Crippen molar-refractivity contribution in [2.24, 2.45) is 0 Å². The first-order valence-electron chi connectivity index (χ1n) is 18.6. The van der Waals surface area contributed by atoms with Gasteiger partial charge in [-0.2, -0.15) is 4.31 Å². The number of benzene rings is 1. The fourth-order valence-corrected chi connectivity index (χ4v) is 9.01. The van der Waals surface area contributed by atoms with Crippen LogP contribution in [0.4, 0.5) is 0 Å². The molecule has 2 saturated heterocycles. The Morgan fingerprint density at radius 1 is 0.600 bits per heavy atom. The molecule has 3 rings (SSSR count). The number of hydrogen-bond donors (Lipinski definition) is 0. The molecule has 2 aliphatic heterocycles. The maximum Gasteiger partial charge on any atom is 0.303 e. The van der Waals surface area contributed by atoms with E-state index in [9.17, 15) is 38.4 Å². The highest BCUT2D eigenvalue weighted by atomic mass is 32.2. The molecule has 0 N–H and O–H groups in total. The zero-order chi connectivity index (χ0) is 45.2. The van der Waals surface area contributed by atoms with Gasteiger partial charge in [0.05, 0.1) is 17.0 Å². The Bertz CT molecular complexity index is 1870. The first-order chi connectivity index (χ1) is 28.0. The Morgan fingerprint density at radius 3 is 1.48 bits per heavy atom. The average molecular weight is 874 g/mol. The van der Waals surface area contributed by atoms with Gasteiger partial charge in [0.25, 0.3) is 0 Å². The summed E-state index contributed by atoms with van der Waals surface area (Å²) in [6.45, 7) is 9.21. The normalized spacial score (nSPS) is 27.2. The lowest BCUT2D eigenvalue weighted by atomic mass is 9.83. The fraction of sp³-hybridized carbons (Fsp3) is 0.632. The molecule has 1 aromatic rings. The van der Waals surface area contributed by atoms with Crippen molar-refractivity contribution in [1.29, 1.82) is 0 Å². The first kappa shape index (κ1) is 49.2. The van der Waals surface area contributed by atoms with Gasteiger partial charge in [-0.25, -0.2) is 8.42 Å². The summed E-state index contributed by atoms with van der Waals surface area (Å²) in [4.78, 5) is 100. The largest absolute Gasteiger partial charge is 0.462 e. The molecule has 0 radical (unpaired) electrons. The quantitative estimate of drug-likeness (QED) is 0.165. The fourth-order valence-electron chi connectivity index (χ4n) is 7.16. The zero-order valence-corrected chi connectivity index (χ0v) is 35.6. The molecule has 22 heteroatoms. The van der Waals surface area contributed by atoms with Crippen molar-refractivity contribution in [2.45, 2.75) is 147 Å². The van der Waals surface area contributed by atoms with E-state index < -0.39 is 144 Å². The average Bonchev–Trinajstić information content (AvgIpc) is 3.11. The van der Waals surface area contributed by atoms with Gasteiger partial charge < -0.3 is 47.4 Å². The van der Waals surface area contributed by atoms with Crippen molar-refractivity contribution in [3.63, 3.8) is 0 Å². The Labute approximate surface area is 346 Å². The number of rotatable bonds is 16. The van der Waals surface area contributed by atoms with E-state index in [2.05, 4.69) is 0 Å². The highest BCUT2D eigenvalue weighted by Gasteiger charge is 2.61. The Balaban J connectivity index is 2.50. The van der Waals surface area contributed by atoms with Crippen molar-refractivity contribution in [2.75, 3.05) is 13.7 Å². The van der Waals surface area contributed by atoms with Crippen LogP contribution < -0.4 is 0 Å². The van der Waals surface area contributed by atoms with Gasteiger partial charge in [-0.1, -0.05) is 17.7 Å². The number of ether oxygens (including phenoxy) is 10. The molecule has 0 bridgehead atoms. The Kier molecular flexibility index (Phi) is 17.5. The summed E-state index contributed by atoms with van der Waals surface area (Å²) < 4.78 is 87.3. The number of nitrogens with zero attached hydrogens (tertiary/aromatic N) is 1. The van der Waals surface area contributed by atoms with E-state index in [1.807, 2.05) is 0 Å². The molecule has 2 aliphatic rings. The number of carbonyl (C=O) groups excluding carboxylic acids is 8. The van der Waals surface area contributed by atoms with Gasteiger partial charge in [0.1, 0.15) is 18.8 Å². The van der Waals surface area contributed by atoms with Crippen LogP contribution in [0.15, 0.2) is 29.2 Å². The molecule has 1 aromatic carbocycles. The highest BCUT2D eigenvalue weighted by Crippen LogP contribution is 2.42. The minimum atomic E-state index is -4.93. The predicted molar refractivity (Wildman–Crippen MR) is 198 cm³/mol. The van der Waals surface area contributed by atoms with E-state index in [0.29, 0.717) is 5.56 Å². The number of aryl methyl sites for hydroxylation is 1. The smallest absolute Gasteiger partial charge is 0.303 e. The minimum absolute atomic E-state index is 0.343. The van der Waals surface area contributed by atoms with E-state index in [1.54, 1.807) is 6.92 Å². The van der Waals surface area contributed by atoms with Crippen molar-refractivity contribution in [3.05, 3.63) is 29.8 Å². The molecular formula is C38H51NO20S. The summed E-state index contributed by atoms with van der Waals surface area (Å²) >= 11 is 0. The van der Waals surface area contributed by atoms with E-state index >= 15 is 8.42 Å². The lowest BCUT2D eigenvalue weighted by Crippen LogP contribution is -2.71. The van der Waals surface area contributed by atoms with Gasteiger partial charge in [-0.3, -0.25) is 38.4 Å². The third kappa shape index (κ3) is 13.2. The van der Waals surface area contributed by atoms with Gasteiger partial charge in [-0.05, 0) is 25.5 Å².